The molecule has 1 heterocycles. The highest BCUT2D eigenvalue weighted by molar-refractivity contribution is 4.93. The number of hydrogen-bond acceptors (Lipinski definition) is 4. The molecular weight excluding hydrogens is 292 g/mol. The van der Waals surface area contributed by atoms with E-state index in [1.807, 2.05) is 0 Å². The fraction of sp³-hybridized carbons (Fsp3) is 1.00. The van der Waals surface area contributed by atoms with Crippen LogP contribution in [0.5, 0.6) is 0 Å². The predicted octanol–water partition coefficient (Wildman–Crippen LogP) is 3.06. The molecule has 0 aromatic carbocycles. The average molecular weight is 324 g/mol. The van der Waals surface area contributed by atoms with Crippen molar-refractivity contribution in [2.45, 2.75) is 82.9 Å². The molecule has 0 aromatic rings. The fourth-order valence-corrected chi connectivity index (χ4v) is 6.02. The van der Waals surface area contributed by atoms with Crippen LogP contribution in [-0.4, -0.2) is 35.5 Å². The van der Waals surface area contributed by atoms with Crippen molar-refractivity contribution in [3.05, 3.63) is 0 Å². The van der Waals surface area contributed by atoms with E-state index in [4.69, 9.17) is 9.47 Å². The molecule has 23 heavy (non-hydrogen) atoms. The maximum atomic E-state index is 10.7. The Kier molecular flexibility index (Phi) is 4.96. The van der Waals surface area contributed by atoms with Gasteiger partial charge in [0.15, 0.2) is 12.6 Å². The molecular formula is C19H32O4. The van der Waals surface area contributed by atoms with Crippen LogP contribution in [0.3, 0.4) is 0 Å². The second kappa shape index (κ2) is 6.99. The molecule has 8 atom stereocenters. The van der Waals surface area contributed by atoms with Crippen molar-refractivity contribution < 1.29 is 19.7 Å². The second-order valence-corrected chi connectivity index (χ2v) is 8.41. The molecule has 0 bridgehead atoms. The van der Waals surface area contributed by atoms with E-state index in [0.29, 0.717) is 18.9 Å². The van der Waals surface area contributed by atoms with E-state index >= 15 is 0 Å². The summed E-state index contributed by atoms with van der Waals surface area (Å²) in [5.41, 5.74) is 0. The van der Waals surface area contributed by atoms with Gasteiger partial charge >= 0.3 is 0 Å². The van der Waals surface area contributed by atoms with E-state index in [-0.39, 0.29) is 12.0 Å². The maximum absolute atomic E-state index is 10.7. The minimum Gasteiger partial charge on any atom is -0.368 e. The largest absolute Gasteiger partial charge is 0.368 e. The van der Waals surface area contributed by atoms with E-state index in [9.17, 15) is 10.2 Å². The van der Waals surface area contributed by atoms with Gasteiger partial charge in [0.2, 0.25) is 0 Å². The Labute approximate surface area is 139 Å². The van der Waals surface area contributed by atoms with Gasteiger partial charge in [0.05, 0.1) is 6.61 Å². The summed E-state index contributed by atoms with van der Waals surface area (Å²) in [6.07, 6.45) is 10.7. The molecule has 0 radical (unpaired) electrons. The molecule has 4 heteroatoms. The van der Waals surface area contributed by atoms with Crippen LogP contribution < -0.4 is 0 Å². The Balaban J connectivity index is 1.41. The van der Waals surface area contributed by atoms with Crippen molar-refractivity contribution in [3.8, 4) is 0 Å². The summed E-state index contributed by atoms with van der Waals surface area (Å²) in [6.45, 7) is 0.527. The SMILES string of the molecule is OC1OCCC1OC(O)C1CCCC2CC3CCCCC3CC21. The van der Waals surface area contributed by atoms with Gasteiger partial charge < -0.3 is 19.7 Å². The van der Waals surface area contributed by atoms with Crippen LogP contribution in [0.4, 0.5) is 0 Å². The van der Waals surface area contributed by atoms with Crippen LogP contribution in [0.25, 0.3) is 0 Å². The molecule has 4 rings (SSSR count). The number of aliphatic hydroxyl groups is 2. The van der Waals surface area contributed by atoms with Gasteiger partial charge in [-0.15, -0.1) is 0 Å². The Morgan fingerprint density at radius 3 is 2.35 bits per heavy atom. The topological polar surface area (TPSA) is 58.9 Å². The van der Waals surface area contributed by atoms with Crippen LogP contribution in [0, 0.1) is 29.6 Å². The molecule has 3 aliphatic carbocycles. The third-order valence-corrected chi connectivity index (χ3v) is 7.20. The fourth-order valence-electron chi connectivity index (χ4n) is 6.02. The minimum absolute atomic E-state index is 0.254. The zero-order chi connectivity index (χ0) is 15.8. The Hall–Kier alpha value is -0.160. The van der Waals surface area contributed by atoms with Gasteiger partial charge in [-0.1, -0.05) is 38.5 Å². The van der Waals surface area contributed by atoms with Crippen molar-refractivity contribution in [2.75, 3.05) is 6.61 Å². The first-order chi connectivity index (χ1) is 11.2. The van der Waals surface area contributed by atoms with Gasteiger partial charge in [-0.2, -0.15) is 0 Å². The van der Waals surface area contributed by atoms with Gasteiger partial charge in [-0.05, 0) is 42.9 Å². The quantitative estimate of drug-likeness (QED) is 0.783. The summed E-state index contributed by atoms with van der Waals surface area (Å²) in [4.78, 5) is 0. The molecule has 3 saturated carbocycles. The lowest BCUT2D eigenvalue weighted by molar-refractivity contribution is -0.226. The first-order valence-corrected chi connectivity index (χ1v) is 9.85. The Bertz CT molecular complexity index is 401. The van der Waals surface area contributed by atoms with Crippen LogP contribution in [0.1, 0.15) is 64.2 Å². The summed E-state index contributed by atoms with van der Waals surface area (Å²) in [6, 6.07) is 0. The number of aliphatic hydroxyl groups excluding tert-OH is 2. The standard InChI is InChI=1S/C19H32O4/c20-18(23-17-8-9-22-19(17)21)15-7-3-6-14-10-12-4-1-2-5-13(12)11-16(14)15/h12-21H,1-11H2. The van der Waals surface area contributed by atoms with Gasteiger partial charge in [0, 0.05) is 12.3 Å². The lowest BCUT2D eigenvalue weighted by Crippen LogP contribution is -2.45. The van der Waals surface area contributed by atoms with Crippen LogP contribution in [0.2, 0.25) is 0 Å². The van der Waals surface area contributed by atoms with E-state index in [1.165, 1.54) is 51.4 Å². The van der Waals surface area contributed by atoms with Crippen LogP contribution in [-0.2, 0) is 9.47 Å². The molecule has 4 fully saturated rings. The first-order valence-electron chi connectivity index (χ1n) is 9.85. The van der Waals surface area contributed by atoms with Crippen molar-refractivity contribution >= 4 is 0 Å². The average Bonchev–Trinajstić information content (AvgIpc) is 2.97. The maximum Gasteiger partial charge on any atom is 0.181 e. The van der Waals surface area contributed by atoms with Gasteiger partial charge in [0.25, 0.3) is 0 Å². The first kappa shape index (κ1) is 16.3. The summed E-state index contributed by atoms with van der Waals surface area (Å²) >= 11 is 0. The number of ether oxygens (including phenoxy) is 2. The van der Waals surface area contributed by atoms with E-state index in [1.54, 1.807) is 0 Å². The summed E-state index contributed by atoms with van der Waals surface area (Å²) in [7, 11) is 0. The molecule has 1 saturated heterocycles. The molecule has 4 aliphatic rings. The van der Waals surface area contributed by atoms with E-state index < -0.39 is 12.6 Å². The highest BCUT2D eigenvalue weighted by atomic mass is 16.7. The number of hydrogen-bond donors (Lipinski definition) is 2. The Morgan fingerprint density at radius 2 is 1.61 bits per heavy atom. The lowest BCUT2D eigenvalue weighted by Gasteiger charge is -2.50. The minimum atomic E-state index is -0.863. The molecule has 0 amide bonds. The summed E-state index contributed by atoms with van der Waals surface area (Å²) in [5, 5.41) is 20.5. The zero-order valence-electron chi connectivity index (χ0n) is 14.1. The van der Waals surface area contributed by atoms with Crippen molar-refractivity contribution in [1.29, 1.82) is 0 Å². The van der Waals surface area contributed by atoms with Crippen LogP contribution in [0.15, 0.2) is 0 Å². The van der Waals surface area contributed by atoms with Gasteiger partial charge in [-0.25, -0.2) is 0 Å². The summed E-state index contributed by atoms with van der Waals surface area (Å²) in [5.74, 6) is 3.50. The van der Waals surface area contributed by atoms with Crippen LogP contribution >= 0.6 is 0 Å². The molecule has 2 N–H and O–H groups in total. The predicted molar refractivity (Wildman–Crippen MR) is 86.5 cm³/mol. The number of fused-ring (bicyclic) bond motifs is 2. The molecule has 0 aromatic heterocycles. The highest BCUT2D eigenvalue weighted by Gasteiger charge is 2.45. The molecule has 8 unspecified atom stereocenters. The lowest BCUT2D eigenvalue weighted by atomic mass is 9.57. The third kappa shape index (κ3) is 3.33. The normalized spacial score (nSPS) is 48.5. The van der Waals surface area contributed by atoms with E-state index in [2.05, 4.69) is 0 Å². The zero-order valence-corrected chi connectivity index (χ0v) is 14.1. The van der Waals surface area contributed by atoms with Gasteiger partial charge in [0.1, 0.15) is 6.10 Å². The molecule has 0 spiro atoms. The van der Waals surface area contributed by atoms with Crippen molar-refractivity contribution in [1.82, 2.24) is 0 Å². The highest BCUT2D eigenvalue weighted by Crippen LogP contribution is 2.52. The molecule has 132 valence electrons. The molecule has 1 aliphatic heterocycles. The van der Waals surface area contributed by atoms with Crippen molar-refractivity contribution in [2.24, 2.45) is 29.6 Å². The smallest absolute Gasteiger partial charge is 0.181 e. The van der Waals surface area contributed by atoms with Crippen molar-refractivity contribution in [3.63, 3.8) is 0 Å². The number of rotatable bonds is 3. The monoisotopic (exact) mass is 324 g/mol. The Morgan fingerprint density at radius 1 is 0.870 bits per heavy atom. The van der Waals surface area contributed by atoms with E-state index in [0.717, 1.165) is 24.2 Å². The molecule has 4 nitrogen and oxygen atoms in total. The second-order valence-electron chi connectivity index (χ2n) is 8.41. The van der Waals surface area contributed by atoms with Gasteiger partial charge in [-0.3, -0.25) is 0 Å². The summed E-state index contributed by atoms with van der Waals surface area (Å²) < 4.78 is 11.0. The third-order valence-electron chi connectivity index (χ3n) is 7.20.